The Morgan fingerprint density at radius 2 is 2.17 bits per heavy atom. The SMILES string of the molecule is C=CC(=O)Nc1cc(N)cc(C)c1N1CCN(C2COC2)C[C@@H]1C. The van der Waals surface area contributed by atoms with Gasteiger partial charge < -0.3 is 20.7 Å². The van der Waals surface area contributed by atoms with Gasteiger partial charge in [0.15, 0.2) is 0 Å². The minimum atomic E-state index is -0.223. The van der Waals surface area contributed by atoms with Crippen molar-refractivity contribution in [1.29, 1.82) is 0 Å². The standard InChI is InChI=1S/C18H26N4O2/c1-4-17(23)20-16-8-14(19)7-12(2)18(16)22-6-5-21(9-13(22)3)15-10-24-11-15/h4,7-8,13,15H,1,5-6,9-11,19H2,2-3H3,(H,20,23)/t13-/m0/s1. The summed E-state index contributed by atoms with van der Waals surface area (Å²) in [7, 11) is 0. The average Bonchev–Trinajstić information content (AvgIpc) is 2.46. The molecule has 0 aliphatic carbocycles. The van der Waals surface area contributed by atoms with Crippen LogP contribution in [0.25, 0.3) is 0 Å². The second-order valence-electron chi connectivity index (χ2n) is 6.66. The number of nitrogen functional groups attached to an aromatic ring is 1. The fourth-order valence-electron chi connectivity index (χ4n) is 3.55. The molecule has 2 fully saturated rings. The number of ether oxygens (including phenoxy) is 1. The molecule has 0 aromatic heterocycles. The van der Waals surface area contributed by atoms with E-state index in [4.69, 9.17) is 10.5 Å². The third kappa shape index (κ3) is 3.25. The normalized spacial score (nSPS) is 22.1. The van der Waals surface area contributed by atoms with E-state index in [-0.39, 0.29) is 5.91 Å². The molecule has 0 saturated carbocycles. The molecule has 0 unspecified atom stereocenters. The molecule has 1 amide bonds. The Hall–Kier alpha value is -2.05. The number of rotatable bonds is 4. The Labute approximate surface area is 143 Å². The van der Waals surface area contributed by atoms with Crippen LogP contribution in [-0.2, 0) is 9.53 Å². The number of aryl methyl sites for hydroxylation is 1. The lowest BCUT2D eigenvalue weighted by Gasteiger charge is -2.47. The molecule has 6 heteroatoms. The monoisotopic (exact) mass is 330 g/mol. The van der Waals surface area contributed by atoms with Crippen LogP contribution in [0.15, 0.2) is 24.8 Å². The molecule has 2 aliphatic rings. The van der Waals surface area contributed by atoms with Crippen LogP contribution >= 0.6 is 0 Å². The van der Waals surface area contributed by atoms with Gasteiger partial charge in [-0.15, -0.1) is 0 Å². The molecule has 3 N–H and O–H groups in total. The van der Waals surface area contributed by atoms with Gasteiger partial charge in [-0.2, -0.15) is 0 Å². The Balaban J connectivity index is 1.85. The second kappa shape index (κ2) is 6.83. The van der Waals surface area contributed by atoms with Gasteiger partial charge in [0.25, 0.3) is 0 Å². The first-order chi connectivity index (χ1) is 11.5. The molecule has 3 rings (SSSR count). The molecule has 2 heterocycles. The number of carbonyl (C=O) groups excluding carboxylic acids is 1. The average molecular weight is 330 g/mol. The molecule has 2 aliphatic heterocycles. The molecule has 1 atom stereocenters. The van der Waals surface area contributed by atoms with Crippen molar-refractivity contribution in [3.8, 4) is 0 Å². The fourth-order valence-corrected chi connectivity index (χ4v) is 3.55. The van der Waals surface area contributed by atoms with Crippen molar-refractivity contribution in [2.45, 2.75) is 25.9 Å². The first-order valence-electron chi connectivity index (χ1n) is 8.41. The van der Waals surface area contributed by atoms with Crippen LogP contribution in [0.2, 0.25) is 0 Å². The van der Waals surface area contributed by atoms with Gasteiger partial charge in [0.1, 0.15) is 0 Å². The predicted molar refractivity (Wildman–Crippen MR) is 97.4 cm³/mol. The molecule has 0 radical (unpaired) electrons. The van der Waals surface area contributed by atoms with E-state index in [0.29, 0.717) is 17.8 Å². The third-order valence-corrected chi connectivity index (χ3v) is 4.85. The number of hydrogen-bond donors (Lipinski definition) is 2. The lowest BCUT2D eigenvalue weighted by Crippen LogP contribution is -2.59. The van der Waals surface area contributed by atoms with E-state index in [9.17, 15) is 4.79 Å². The molecule has 0 bridgehead atoms. The van der Waals surface area contributed by atoms with Crippen molar-refractivity contribution >= 4 is 23.0 Å². The molecule has 1 aromatic rings. The third-order valence-electron chi connectivity index (χ3n) is 4.85. The number of piperazine rings is 1. The highest BCUT2D eigenvalue weighted by atomic mass is 16.5. The van der Waals surface area contributed by atoms with E-state index < -0.39 is 0 Å². The molecule has 2 saturated heterocycles. The largest absolute Gasteiger partial charge is 0.399 e. The number of benzene rings is 1. The van der Waals surface area contributed by atoms with E-state index in [0.717, 1.165) is 49.8 Å². The number of nitrogens with zero attached hydrogens (tertiary/aromatic N) is 2. The summed E-state index contributed by atoms with van der Waals surface area (Å²) in [6, 6.07) is 4.68. The van der Waals surface area contributed by atoms with Crippen molar-refractivity contribution in [1.82, 2.24) is 4.90 Å². The lowest BCUT2D eigenvalue weighted by atomic mass is 10.0. The van der Waals surface area contributed by atoms with Crippen LogP contribution in [0.1, 0.15) is 12.5 Å². The molecule has 1 aromatic carbocycles. The maximum atomic E-state index is 11.8. The van der Waals surface area contributed by atoms with Crippen molar-refractivity contribution in [2.75, 3.05) is 48.8 Å². The highest BCUT2D eigenvalue weighted by Crippen LogP contribution is 2.35. The summed E-state index contributed by atoms with van der Waals surface area (Å²) in [5.41, 5.74) is 9.50. The minimum Gasteiger partial charge on any atom is -0.399 e. The zero-order chi connectivity index (χ0) is 17.3. The first-order valence-corrected chi connectivity index (χ1v) is 8.41. The van der Waals surface area contributed by atoms with Gasteiger partial charge in [-0.05, 0) is 37.6 Å². The van der Waals surface area contributed by atoms with Gasteiger partial charge in [0.05, 0.1) is 30.6 Å². The van der Waals surface area contributed by atoms with E-state index >= 15 is 0 Å². The van der Waals surface area contributed by atoms with Gasteiger partial charge in [-0.3, -0.25) is 9.69 Å². The number of carbonyl (C=O) groups is 1. The summed E-state index contributed by atoms with van der Waals surface area (Å²) in [5, 5.41) is 2.90. The van der Waals surface area contributed by atoms with Crippen LogP contribution < -0.4 is 16.0 Å². The van der Waals surface area contributed by atoms with Gasteiger partial charge in [-0.25, -0.2) is 0 Å². The van der Waals surface area contributed by atoms with Crippen LogP contribution in [0.4, 0.5) is 17.1 Å². The topological polar surface area (TPSA) is 70.8 Å². The van der Waals surface area contributed by atoms with E-state index in [1.165, 1.54) is 6.08 Å². The number of anilines is 3. The maximum absolute atomic E-state index is 11.8. The van der Waals surface area contributed by atoms with Crippen LogP contribution in [0, 0.1) is 6.92 Å². The second-order valence-corrected chi connectivity index (χ2v) is 6.66. The Bertz CT molecular complexity index is 642. The van der Waals surface area contributed by atoms with E-state index in [2.05, 4.69) is 28.6 Å². The molecule has 130 valence electrons. The molecular weight excluding hydrogens is 304 g/mol. The van der Waals surface area contributed by atoms with Crippen molar-refractivity contribution in [3.63, 3.8) is 0 Å². The zero-order valence-electron chi connectivity index (χ0n) is 14.4. The van der Waals surface area contributed by atoms with Crippen molar-refractivity contribution in [2.24, 2.45) is 0 Å². The number of nitrogens with one attached hydrogen (secondary N) is 1. The van der Waals surface area contributed by atoms with E-state index in [1.807, 2.05) is 19.1 Å². The summed E-state index contributed by atoms with van der Waals surface area (Å²) in [6.07, 6.45) is 1.28. The molecule has 6 nitrogen and oxygen atoms in total. The summed E-state index contributed by atoms with van der Waals surface area (Å²) in [6.45, 7) is 12.4. The summed E-state index contributed by atoms with van der Waals surface area (Å²) < 4.78 is 5.32. The van der Waals surface area contributed by atoms with Crippen LogP contribution in [0.5, 0.6) is 0 Å². The Morgan fingerprint density at radius 3 is 2.75 bits per heavy atom. The number of hydrogen-bond acceptors (Lipinski definition) is 5. The Morgan fingerprint density at radius 1 is 1.42 bits per heavy atom. The highest BCUT2D eigenvalue weighted by molar-refractivity contribution is 6.02. The van der Waals surface area contributed by atoms with Gasteiger partial charge in [-0.1, -0.05) is 6.58 Å². The molecule has 0 spiro atoms. The fraction of sp³-hybridized carbons (Fsp3) is 0.500. The zero-order valence-corrected chi connectivity index (χ0v) is 14.4. The van der Waals surface area contributed by atoms with E-state index in [1.54, 1.807) is 0 Å². The molecule has 24 heavy (non-hydrogen) atoms. The van der Waals surface area contributed by atoms with Gasteiger partial charge in [0.2, 0.25) is 5.91 Å². The minimum absolute atomic E-state index is 0.223. The quantitative estimate of drug-likeness (QED) is 0.648. The molecular formula is C18H26N4O2. The van der Waals surface area contributed by atoms with Gasteiger partial charge in [0, 0.05) is 31.4 Å². The Kier molecular flexibility index (Phi) is 4.78. The lowest BCUT2D eigenvalue weighted by molar-refractivity contribution is -0.111. The summed E-state index contributed by atoms with van der Waals surface area (Å²) >= 11 is 0. The number of amides is 1. The number of nitrogens with two attached hydrogens (primary N) is 1. The van der Waals surface area contributed by atoms with Crippen LogP contribution in [-0.4, -0.2) is 55.7 Å². The van der Waals surface area contributed by atoms with Crippen LogP contribution in [0.3, 0.4) is 0 Å². The highest BCUT2D eigenvalue weighted by Gasteiger charge is 2.33. The summed E-state index contributed by atoms with van der Waals surface area (Å²) in [4.78, 5) is 16.7. The van der Waals surface area contributed by atoms with Crippen molar-refractivity contribution in [3.05, 3.63) is 30.4 Å². The van der Waals surface area contributed by atoms with Gasteiger partial charge >= 0.3 is 0 Å². The predicted octanol–water partition coefficient (Wildman–Crippen LogP) is 1.61. The van der Waals surface area contributed by atoms with Crippen molar-refractivity contribution < 1.29 is 9.53 Å². The first kappa shape index (κ1) is 16.8. The smallest absolute Gasteiger partial charge is 0.247 e. The summed E-state index contributed by atoms with van der Waals surface area (Å²) in [5.74, 6) is -0.223. The maximum Gasteiger partial charge on any atom is 0.247 e.